The van der Waals surface area contributed by atoms with Crippen molar-refractivity contribution in [2.45, 2.75) is 38.9 Å². The monoisotopic (exact) mass is 245 g/mol. The molecule has 1 nitrogen and oxygen atoms in total. The van der Waals surface area contributed by atoms with Crippen LogP contribution in [-0.2, 0) is 0 Å². The summed E-state index contributed by atoms with van der Waals surface area (Å²) in [7, 11) is 0. The minimum Gasteiger partial charge on any atom is -0.310 e. The normalized spacial score (nSPS) is 13.7. The third-order valence-corrected chi connectivity index (χ3v) is 2.56. The molecule has 0 bridgehead atoms. The number of halogens is 3. The van der Waals surface area contributed by atoms with Gasteiger partial charge < -0.3 is 5.32 Å². The molecular weight excluding hydrogens is 227 g/mol. The van der Waals surface area contributed by atoms with Crippen LogP contribution in [0.3, 0.4) is 0 Å². The van der Waals surface area contributed by atoms with Gasteiger partial charge in [0, 0.05) is 6.04 Å². The number of benzene rings is 1. The topological polar surface area (TPSA) is 12.0 Å². The van der Waals surface area contributed by atoms with E-state index in [1.54, 1.807) is 12.1 Å². The fourth-order valence-electron chi connectivity index (χ4n) is 1.66. The molecule has 0 amide bonds. The van der Waals surface area contributed by atoms with E-state index in [0.717, 1.165) is 12.0 Å². The summed E-state index contributed by atoms with van der Waals surface area (Å²) in [5.74, 6) is 0. The van der Waals surface area contributed by atoms with Crippen LogP contribution in [0.2, 0.25) is 0 Å². The zero-order chi connectivity index (χ0) is 12.9. The van der Waals surface area contributed by atoms with E-state index in [9.17, 15) is 13.2 Å². The van der Waals surface area contributed by atoms with Crippen LogP contribution in [0.25, 0.3) is 0 Å². The molecule has 0 saturated heterocycles. The molecule has 0 aliphatic carbocycles. The van der Waals surface area contributed by atoms with Crippen LogP contribution in [0, 0.1) is 6.92 Å². The minimum atomic E-state index is -4.14. The van der Waals surface area contributed by atoms with Gasteiger partial charge in [-0.1, -0.05) is 36.8 Å². The Kier molecular flexibility index (Phi) is 5.00. The van der Waals surface area contributed by atoms with E-state index in [2.05, 4.69) is 5.32 Å². The summed E-state index contributed by atoms with van der Waals surface area (Å²) < 4.78 is 37.4. The average Bonchev–Trinajstić information content (AvgIpc) is 2.24. The summed E-state index contributed by atoms with van der Waals surface area (Å²) >= 11 is 0. The van der Waals surface area contributed by atoms with Gasteiger partial charge >= 0.3 is 6.18 Å². The third kappa shape index (κ3) is 5.22. The highest BCUT2D eigenvalue weighted by atomic mass is 19.4. The molecule has 4 heteroatoms. The van der Waals surface area contributed by atoms with Crippen LogP contribution in [0.1, 0.15) is 36.9 Å². The first-order valence-electron chi connectivity index (χ1n) is 5.79. The number of aryl methyl sites for hydroxylation is 1. The second-order valence-electron chi connectivity index (χ2n) is 4.24. The average molecular weight is 245 g/mol. The summed E-state index contributed by atoms with van der Waals surface area (Å²) in [5, 5.41) is 2.94. The number of hydrogen-bond acceptors (Lipinski definition) is 1. The molecule has 0 aliphatic heterocycles. The molecule has 1 atom stereocenters. The van der Waals surface area contributed by atoms with E-state index >= 15 is 0 Å². The molecule has 1 N–H and O–H groups in total. The number of nitrogens with one attached hydrogen (secondary N) is 1. The molecule has 0 radical (unpaired) electrons. The van der Waals surface area contributed by atoms with Crippen molar-refractivity contribution in [3.05, 3.63) is 35.4 Å². The van der Waals surface area contributed by atoms with E-state index in [-0.39, 0.29) is 0 Å². The summed E-state index contributed by atoms with van der Waals surface area (Å²) in [5.41, 5.74) is 1.75. The van der Waals surface area contributed by atoms with Gasteiger partial charge in [-0.05, 0) is 25.5 Å². The van der Waals surface area contributed by atoms with Crippen molar-refractivity contribution in [1.29, 1.82) is 0 Å². The van der Waals surface area contributed by atoms with Crippen molar-refractivity contribution in [2.75, 3.05) is 6.54 Å². The minimum absolute atomic E-state index is 0.592. The van der Waals surface area contributed by atoms with Gasteiger partial charge in [0.25, 0.3) is 0 Å². The van der Waals surface area contributed by atoms with Crippen LogP contribution in [-0.4, -0.2) is 12.7 Å². The Morgan fingerprint density at radius 1 is 1.18 bits per heavy atom. The van der Waals surface area contributed by atoms with E-state index in [1.165, 1.54) is 0 Å². The van der Waals surface area contributed by atoms with Crippen LogP contribution in [0.4, 0.5) is 13.2 Å². The fourth-order valence-corrected chi connectivity index (χ4v) is 1.66. The van der Waals surface area contributed by atoms with Gasteiger partial charge in [-0.3, -0.25) is 0 Å². The molecule has 1 aromatic rings. The van der Waals surface area contributed by atoms with Crippen LogP contribution >= 0.6 is 0 Å². The molecular formula is C13H18F3N. The molecule has 1 unspecified atom stereocenters. The quantitative estimate of drug-likeness (QED) is 0.827. The van der Waals surface area contributed by atoms with Crippen molar-refractivity contribution < 1.29 is 13.2 Å². The zero-order valence-corrected chi connectivity index (χ0v) is 10.1. The highest BCUT2D eigenvalue weighted by Crippen LogP contribution is 2.29. The number of hydrogen-bond donors (Lipinski definition) is 1. The van der Waals surface area contributed by atoms with Crippen molar-refractivity contribution in [3.63, 3.8) is 0 Å². The molecule has 0 saturated carbocycles. The van der Waals surface area contributed by atoms with Gasteiger partial charge in [0.2, 0.25) is 0 Å². The lowest BCUT2D eigenvalue weighted by Crippen LogP contribution is -2.27. The molecule has 0 aromatic heterocycles. The molecule has 1 rings (SSSR count). The van der Waals surface area contributed by atoms with Gasteiger partial charge in [0.05, 0.1) is 6.42 Å². The van der Waals surface area contributed by atoms with E-state index in [0.29, 0.717) is 12.1 Å². The van der Waals surface area contributed by atoms with E-state index in [1.807, 2.05) is 26.0 Å². The maximum atomic E-state index is 12.5. The van der Waals surface area contributed by atoms with Gasteiger partial charge in [-0.15, -0.1) is 0 Å². The zero-order valence-electron chi connectivity index (χ0n) is 10.1. The predicted octanol–water partition coefficient (Wildman–Crippen LogP) is 3.99. The lowest BCUT2D eigenvalue weighted by molar-refractivity contribution is -0.140. The lowest BCUT2D eigenvalue weighted by atomic mass is 10.0. The first-order valence-corrected chi connectivity index (χ1v) is 5.79. The number of rotatable bonds is 5. The Bertz CT molecular complexity index is 330. The first kappa shape index (κ1) is 14.0. The van der Waals surface area contributed by atoms with Crippen molar-refractivity contribution in [3.8, 4) is 0 Å². The van der Waals surface area contributed by atoms with Crippen LogP contribution < -0.4 is 5.32 Å². The Labute approximate surface area is 100 Å². The number of alkyl halides is 3. The van der Waals surface area contributed by atoms with Gasteiger partial charge in [0.15, 0.2) is 0 Å². The van der Waals surface area contributed by atoms with Crippen LogP contribution in [0.15, 0.2) is 24.3 Å². The highest BCUT2D eigenvalue weighted by molar-refractivity contribution is 5.24. The third-order valence-electron chi connectivity index (χ3n) is 2.56. The maximum Gasteiger partial charge on any atom is 0.390 e. The Hall–Kier alpha value is -1.03. The van der Waals surface area contributed by atoms with Crippen molar-refractivity contribution in [2.24, 2.45) is 0 Å². The summed E-state index contributed by atoms with van der Waals surface area (Å²) in [6.07, 6.45) is -4.15. The van der Waals surface area contributed by atoms with Crippen molar-refractivity contribution in [1.82, 2.24) is 5.32 Å². The SMILES string of the molecule is CCCNC(CC(F)(F)F)c1ccc(C)cc1. The molecule has 0 aliphatic rings. The van der Waals surface area contributed by atoms with Gasteiger partial charge in [-0.2, -0.15) is 13.2 Å². The Morgan fingerprint density at radius 2 is 1.76 bits per heavy atom. The van der Waals surface area contributed by atoms with Gasteiger partial charge in [-0.25, -0.2) is 0 Å². The fraction of sp³-hybridized carbons (Fsp3) is 0.538. The molecule has 1 aromatic carbocycles. The second kappa shape index (κ2) is 6.05. The maximum absolute atomic E-state index is 12.5. The largest absolute Gasteiger partial charge is 0.390 e. The first-order chi connectivity index (χ1) is 7.92. The van der Waals surface area contributed by atoms with E-state index in [4.69, 9.17) is 0 Å². The predicted molar refractivity (Wildman–Crippen MR) is 62.9 cm³/mol. The van der Waals surface area contributed by atoms with Crippen molar-refractivity contribution >= 4 is 0 Å². The molecule has 17 heavy (non-hydrogen) atoms. The highest BCUT2D eigenvalue weighted by Gasteiger charge is 2.32. The van der Waals surface area contributed by atoms with E-state index < -0.39 is 18.6 Å². The van der Waals surface area contributed by atoms with Crippen LogP contribution in [0.5, 0.6) is 0 Å². The Balaban J connectivity index is 2.78. The summed E-state index contributed by atoms with van der Waals surface area (Å²) in [4.78, 5) is 0. The summed E-state index contributed by atoms with van der Waals surface area (Å²) in [6.45, 7) is 4.45. The Morgan fingerprint density at radius 3 is 2.24 bits per heavy atom. The summed E-state index contributed by atoms with van der Waals surface area (Å²) in [6, 6.07) is 6.55. The van der Waals surface area contributed by atoms with Gasteiger partial charge in [0.1, 0.15) is 0 Å². The standard InChI is InChI=1S/C13H18F3N/c1-3-8-17-12(9-13(14,15)16)11-6-4-10(2)5-7-11/h4-7,12,17H,3,8-9H2,1-2H3. The molecule has 0 heterocycles. The molecule has 96 valence electrons. The molecule has 0 fully saturated rings. The lowest BCUT2D eigenvalue weighted by Gasteiger charge is -2.20. The smallest absolute Gasteiger partial charge is 0.310 e. The molecule has 0 spiro atoms. The second-order valence-corrected chi connectivity index (χ2v) is 4.24.